The molecule has 2 atom stereocenters. The number of amides is 1. The van der Waals surface area contributed by atoms with E-state index in [1.807, 2.05) is 58.6 Å². The van der Waals surface area contributed by atoms with Crippen molar-refractivity contribution in [1.82, 2.24) is 4.90 Å². The molecule has 0 spiro atoms. The summed E-state index contributed by atoms with van der Waals surface area (Å²) in [6.45, 7) is 13.1. The predicted molar refractivity (Wildman–Crippen MR) is 123 cm³/mol. The number of benzene rings is 1. The molecule has 0 aromatic heterocycles. The Morgan fingerprint density at radius 1 is 0.939 bits per heavy atom. The third-order valence-corrected chi connectivity index (χ3v) is 9.43. The number of hydrogen-bond acceptors (Lipinski definition) is 4. The lowest BCUT2D eigenvalue weighted by molar-refractivity contribution is -0.123. The number of likely N-dealkylation sites (tertiary alicyclic amines) is 1. The van der Waals surface area contributed by atoms with E-state index in [1.165, 1.54) is 0 Å². The zero-order chi connectivity index (χ0) is 23.7. The lowest BCUT2D eigenvalue weighted by atomic mass is 9.76. The minimum absolute atomic E-state index is 0.106. The SMILES string of the molecule is CC1(C)C(=O)N([C@H]2C[C@@H](N3CC4C(C3)C4(F)F)C2)c2cc(B3OC(C)(C)C(C)(C)O3)ccc21. The number of halogens is 2. The Labute approximate surface area is 194 Å². The van der Waals surface area contributed by atoms with Crippen LogP contribution in [0.25, 0.3) is 0 Å². The third-order valence-electron chi connectivity index (χ3n) is 9.43. The van der Waals surface area contributed by atoms with Gasteiger partial charge >= 0.3 is 7.12 Å². The average Bonchev–Trinajstić information content (AvgIpc) is 3.02. The summed E-state index contributed by atoms with van der Waals surface area (Å²) < 4.78 is 39.7. The number of fused-ring (bicyclic) bond motifs is 2. The van der Waals surface area contributed by atoms with E-state index < -0.39 is 41.5 Å². The van der Waals surface area contributed by atoms with Crippen molar-refractivity contribution in [1.29, 1.82) is 0 Å². The Bertz CT molecular complexity index is 1010. The van der Waals surface area contributed by atoms with Crippen LogP contribution in [-0.4, -0.2) is 60.2 Å². The Morgan fingerprint density at radius 2 is 1.52 bits per heavy atom. The molecule has 2 unspecified atom stereocenters. The minimum Gasteiger partial charge on any atom is -0.399 e. The lowest BCUT2D eigenvalue weighted by Gasteiger charge is -2.46. The van der Waals surface area contributed by atoms with Gasteiger partial charge in [-0.15, -0.1) is 0 Å². The van der Waals surface area contributed by atoms with E-state index in [2.05, 4.69) is 11.0 Å². The van der Waals surface area contributed by atoms with E-state index in [9.17, 15) is 13.6 Å². The average molecular weight is 458 g/mol. The number of alkyl halides is 2. The molecule has 1 amide bonds. The summed E-state index contributed by atoms with van der Waals surface area (Å²) in [4.78, 5) is 17.7. The molecule has 178 valence electrons. The fourth-order valence-corrected chi connectivity index (χ4v) is 6.20. The number of piperidine rings is 1. The summed E-state index contributed by atoms with van der Waals surface area (Å²) in [6, 6.07) is 6.52. The van der Waals surface area contributed by atoms with Gasteiger partial charge in [0.25, 0.3) is 5.92 Å². The zero-order valence-electron chi connectivity index (χ0n) is 20.3. The highest BCUT2D eigenvalue weighted by atomic mass is 19.3. The van der Waals surface area contributed by atoms with Gasteiger partial charge in [0.05, 0.1) is 16.6 Å². The van der Waals surface area contributed by atoms with Crippen LogP contribution in [0.2, 0.25) is 0 Å². The smallest absolute Gasteiger partial charge is 0.399 e. The van der Waals surface area contributed by atoms with Crippen LogP contribution in [0.1, 0.15) is 59.9 Å². The Morgan fingerprint density at radius 3 is 2.09 bits per heavy atom. The van der Waals surface area contributed by atoms with Crippen LogP contribution in [0.5, 0.6) is 0 Å². The highest BCUT2D eigenvalue weighted by Crippen LogP contribution is 2.60. The molecule has 2 aliphatic carbocycles. The van der Waals surface area contributed by atoms with Crippen molar-refractivity contribution in [3.05, 3.63) is 23.8 Å². The number of rotatable bonds is 3. The molecule has 6 rings (SSSR count). The van der Waals surface area contributed by atoms with Crippen molar-refractivity contribution in [2.75, 3.05) is 18.0 Å². The summed E-state index contributed by atoms with van der Waals surface area (Å²) in [5.41, 5.74) is 1.43. The summed E-state index contributed by atoms with van der Waals surface area (Å²) in [5.74, 6) is -3.24. The summed E-state index contributed by atoms with van der Waals surface area (Å²) in [5, 5.41) is 0. The maximum Gasteiger partial charge on any atom is 0.494 e. The molecule has 1 aromatic rings. The van der Waals surface area contributed by atoms with Gasteiger partial charge in [0, 0.05) is 42.7 Å². The molecule has 8 heteroatoms. The maximum atomic E-state index is 13.6. The molecule has 3 heterocycles. The largest absolute Gasteiger partial charge is 0.494 e. The van der Waals surface area contributed by atoms with Crippen molar-refractivity contribution >= 4 is 24.2 Å². The number of carbonyl (C=O) groups is 1. The van der Waals surface area contributed by atoms with Crippen LogP contribution in [0, 0.1) is 11.8 Å². The number of anilines is 1. The Hall–Kier alpha value is -1.51. The van der Waals surface area contributed by atoms with Crippen molar-refractivity contribution in [2.24, 2.45) is 11.8 Å². The first-order valence-electron chi connectivity index (χ1n) is 12.2. The van der Waals surface area contributed by atoms with Crippen LogP contribution in [0.3, 0.4) is 0 Å². The topological polar surface area (TPSA) is 42.0 Å². The monoisotopic (exact) mass is 458 g/mol. The molecule has 2 saturated carbocycles. The molecular weight excluding hydrogens is 425 g/mol. The second kappa shape index (κ2) is 6.38. The minimum atomic E-state index is -2.45. The van der Waals surface area contributed by atoms with E-state index in [1.54, 1.807) is 0 Å². The molecule has 0 N–H and O–H groups in total. The van der Waals surface area contributed by atoms with E-state index in [4.69, 9.17) is 9.31 Å². The van der Waals surface area contributed by atoms with Crippen molar-refractivity contribution in [3.63, 3.8) is 0 Å². The number of hydrogen-bond donors (Lipinski definition) is 0. The molecule has 0 bridgehead atoms. The fourth-order valence-electron chi connectivity index (χ4n) is 6.20. The van der Waals surface area contributed by atoms with E-state index >= 15 is 0 Å². The van der Waals surface area contributed by atoms with Crippen LogP contribution >= 0.6 is 0 Å². The molecule has 2 saturated heterocycles. The lowest BCUT2D eigenvalue weighted by Crippen LogP contribution is -2.56. The van der Waals surface area contributed by atoms with E-state index in [0.717, 1.165) is 29.6 Å². The highest BCUT2D eigenvalue weighted by Gasteiger charge is 2.72. The third kappa shape index (κ3) is 2.89. The first-order valence-corrected chi connectivity index (χ1v) is 12.2. The Kier molecular flexibility index (Phi) is 4.25. The van der Waals surface area contributed by atoms with Crippen molar-refractivity contribution in [2.45, 2.75) is 89.0 Å². The van der Waals surface area contributed by atoms with Gasteiger partial charge < -0.3 is 14.2 Å². The summed E-state index contributed by atoms with van der Waals surface area (Å²) in [6.07, 6.45) is 1.68. The maximum absolute atomic E-state index is 13.6. The second-order valence-electron chi connectivity index (χ2n) is 12.3. The van der Waals surface area contributed by atoms with E-state index in [0.29, 0.717) is 19.1 Å². The van der Waals surface area contributed by atoms with Gasteiger partial charge in [-0.05, 0) is 71.5 Å². The first kappa shape index (κ1) is 22.0. The van der Waals surface area contributed by atoms with Gasteiger partial charge in [0.15, 0.2) is 0 Å². The molecule has 5 aliphatic rings. The molecule has 1 aromatic carbocycles. The number of carbonyl (C=O) groups excluding carboxylic acids is 1. The van der Waals surface area contributed by atoms with Crippen LogP contribution in [0.4, 0.5) is 14.5 Å². The molecular formula is C25H33BF2N2O3. The van der Waals surface area contributed by atoms with Crippen molar-refractivity contribution < 1.29 is 22.9 Å². The van der Waals surface area contributed by atoms with Gasteiger partial charge in [-0.1, -0.05) is 12.1 Å². The van der Waals surface area contributed by atoms with Crippen LogP contribution in [0.15, 0.2) is 18.2 Å². The first-order chi connectivity index (χ1) is 15.2. The standard InChI is InChI=1S/C25H33BF2N2O3/c1-22(2)17-8-7-14(26-32-23(3,4)24(5,6)33-26)9-20(17)30(21(22)31)16-10-15(11-16)29-12-18-19(13-29)25(18,27)28/h7-9,15-16,18-19H,10-13H2,1-6H3/t15-,16+,18?,19?. The second-order valence-corrected chi connectivity index (χ2v) is 12.3. The van der Waals surface area contributed by atoms with Crippen molar-refractivity contribution in [3.8, 4) is 0 Å². The predicted octanol–water partition coefficient (Wildman–Crippen LogP) is 3.34. The van der Waals surface area contributed by atoms with Crippen LogP contribution in [-0.2, 0) is 19.5 Å². The Balaban J connectivity index is 1.22. The summed E-state index contributed by atoms with van der Waals surface area (Å²) in [7, 11) is -0.479. The van der Waals surface area contributed by atoms with E-state index in [-0.39, 0.29) is 11.9 Å². The van der Waals surface area contributed by atoms with Crippen LogP contribution < -0.4 is 10.4 Å². The van der Waals surface area contributed by atoms with Gasteiger partial charge in [0.2, 0.25) is 5.91 Å². The van der Waals surface area contributed by atoms with Gasteiger partial charge in [-0.3, -0.25) is 9.69 Å². The quantitative estimate of drug-likeness (QED) is 0.652. The molecule has 0 radical (unpaired) electrons. The normalized spacial score (nSPS) is 37.2. The molecule has 3 aliphatic heterocycles. The van der Waals surface area contributed by atoms with Gasteiger partial charge in [-0.25, -0.2) is 8.78 Å². The molecule has 5 nitrogen and oxygen atoms in total. The number of nitrogens with zero attached hydrogens (tertiary/aromatic N) is 2. The van der Waals surface area contributed by atoms with Gasteiger partial charge in [0.1, 0.15) is 0 Å². The fraction of sp³-hybridized carbons (Fsp3) is 0.720. The molecule has 33 heavy (non-hydrogen) atoms. The van der Waals surface area contributed by atoms with Gasteiger partial charge in [-0.2, -0.15) is 0 Å². The molecule has 4 fully saturated rings. The highest BCUT2D eigenvalue weighted by molar-refractivity contribution is 6.62. The summed E-state index contributed by atoms with van der Waals surface area (Å²) >= 11 is 0. The zero-order valence-corrected chi connectivity index (χ0v) is 20.3.